The van der Waals surface area contributed by atoms with Crippen molar-refractivity contribution in [3.05, 3.63) is 72.1 Å². The maximum Gasteiger partial charge on any atom is 0.267 e. The monoisotopic (exact) mass is 293 g/mol. The first-order chi connectivity index (χ1) is 10.8. The first kappa shape index (κ1) is 14.0. The zero-order chi connectivity index (χ0) is 15.4. The topological polar surface area (TPSA) is 67.2 Å². The van der Waals surface area contributed by atoms with Crippen molar-refractivity contribution in [1.29, 1.82) is 0 Å². The van der Waals surface area contributed by atoms with E-state index in [1.54, 1.807) is 17.8 Å². The third-order valence-electron chi connectivity index (χ3n) is 3.36. The van der Waals surface area contributed by atoms with Crippen molar-refractivity contribution in [3.8, 4) is 0 Å². The molecule has 1 amide bonds. The Labute approximate surface area is 127 Å². The highest BCUT2D eigenvalue weighted by molar-refractivity contribution is 5.90. The van der Waals surface area contributed by atoms with Crippen LogP contribution in [0.15, 0.2) is 60.9 Å². The van der Waals surface area contributed by atoms with Crippen LogP contribution in [0.4, 0.5) is 0 Å². The van der Waals surface area contributed by atoms with Crippen molar-refractivity contribution in [1.82, 2.24) is 15.0 Å². The molecule has 3 rings (SSSR count). The van der Waals surface area contributed by atoms with E-state index in [-0.39, 0.29) is 0 Å². The Morgan fingerprint density at radius 3 is 3.05 bits per heavy atom. The maximum atomic E-state index is 11.0. The minimum atomic E-state index is -0.550. The summed E-state index contributed by atoms with van der Waals surface area (Å²) in [5.41, 5.74) is 4.52. The third kappa shape index (κ3) is 3.05. The number of nitrogens with one attached hydrogen (secondary N) is 1. The van der Waals surface area contributed by atoms with E-state index >= 15 is 0 Å². The summed E-state index contributed by atoms with van der Waals surface area (Å²) in [5.74, 6) is -0.550. The van der Waals surface area contributed by atoms with Crippen molar-refractivity contribution in [2.45, 2.75) is 6.54 Å². The Morgan fingerprint density at radius 1 is 1.27 bits per heavy atom. The van der Waals surface area contributed by atoms with Crippen LogP contribution in [0.5, 0.6) is 0 Å². The number of hydrogen-bond acceptors (Lipinski definition) is 3. The number of rotatable bonds is 4. The highest BCUT2D eigenvalue weighted by Crippen LogP contribution is 2.15. The predicted octanol–water partition coefficient (Wildman–Crippen LogP) is 2.60. The minimum Gasteiger partial charge on any atom is -0.328 e. The zero-order valence-corrected chi connectivity index (χ0v) is 11.8. The van der Waals surface area contributed by atoms with Crippen LogP contribution in [0.2, 0.25) is 0 Å². The molecule has 5 heteroatoms. The molecule has 0 bridgehead atoms. The molecule has 0 unspecified atom stereocenters. The zero-order valence-electron chi connectivity index (χ0n) is 11.8. The van der Waals surface area contributed by atoms with Gasteiger partial charge in [0.2, 0.25) is 0 Å². The van der Waals surface area contributed by atoms with Crippen molar-refractivity contribution < 1.29 is 10.0 Å². The summed E-state index contributed by atoms with van der Waals surface area (Å²) in [5, 5.41) is 9.59. The van der Waals surface area contributed by atoms with E-state index < -0.39 is 5.91 Å². The summed E-state index contributed by atoms with van der Waals surface area (Å²) < 4.78 is 2.08. The van der Waals surface area contributed by atoms with E-state index in [2.05, 4.69) is 9.55 Å². The quantitative estimate of drug-likeness (QED) is 0.441. The molecule has 110 valence electrons. The van der Waals surface area contributed by atoms with Gasteiger partial charge in [-0.15, -0.1) is 0 Å². The number of carbonyl (C=O) groups excluding carboxylic acids is 1. The van der Waals surface area contributed by atoms with Gasteiger partial charge in [0, 0.05) is 30.4 Å². The Morgan fingerprint density at radius 2 is 2.18 bits per heavy atom. The second-order valence-corrected chi connectivity index (χ2v) is 4.91. The third-order valence-corrected chi connectivity index (χ3v) is 3.36. The van der Waals surface area contributed by atoms with Gasteiger partial charge in [-0.1, -0.05) is 18.2 Å². The average Bonchev–Trinajstić information content (AvgIpc) is 2.96. The van der Waals surface area contributed by atoms with Crippen LogP contribution in [0.25, 0.3) is 17.1 Å². The van der Waals surface area contributed by atoms with Gasteiger partial charge >= 0.3 is 0 Å². The maximum absolute atomic E-state index is 11.0. The van der Waals surface area contributed by atoms with E-state index in [1.807, 2.05) is 48.7 Å². The van der Waals surface area contributed by atoms with Gasteiger partial charge in [0.05, 0.1) is 0 Å². The van der Waals surface area contributed by atoms with Crippen LogP contribution in [-0.4, -0.2) is 20.7 Å². The second kappa shape index (κ2) is 6.24. The molecule has 22 heavy (non-hydrogen) atoms. The number of aromatic nitrogens is 2. The lowest BCUT2D eigenvalue weighted by molar-refractivity contribution is -0.124. The normalized spacial score (nSPS) is 11.1. The van der Waals surface area contributed by atoms with E-state index in [0.29, 0.717) is 6.54 Å². The summed E-state index contributed by atoms with van der Waals surface area (Å²) in [6.07, 6.45) is 6.73. The highest BCUT2D eigenvalue weighted by Gasteiger charge is 2.02. The molecule has 0 fully saturated rings. The molecule has 0 atom stereocenters. The molecule has 0 saturated carbocycles. The summed E-state index contributed by atoms with van der Waals surface area (Å²) in [4.78, 5) is 15.4. The summed E-state index contributed by atoms with van der Waals surface area (Å²) in [6.45, 7) is 0.703. The molecule has 0 radical (unpaired) electrons. The van der Waals surface area contributed by atoms with E-state index in [9.17, 15) is 4.79 Å². The molecular formula is C17H15N3O2. The summed E-state index contributed by atoms with van der Waals surface area (Å²) in [7, 11) is 0. The number of nitrogens with zero attached hydrogens (tertiary/aromatic N) is 2. The van der Waals surface area contributed by atoms with Gasteiger partial charge in [-0.05, 0) is 41.5 Å². The Balaban J connectivity index is 1.84. The lowest BCUT2D eigenvalue weighted by Gasteiger charge is -2.06. The number of hydrogen-bond donors (Lipinski definition) is 2. The van der Waals surface area contributed by atoms with Crippen molar-refractivity contribution in [3.63, 3.8) is 0 Å². The number of hydroxylamine groups is 1. The molecule has 2 heterocycles. The number of amides is 1. The van der Waals surface area contributed by atoms with Crippen molar-refractivity contribution in [2.24, 2.45) is 0 Å². The minimum absolute atomic E-state index is 0.550. The molecule has 0 spiro atoms. The van der Waals surface area contributed by atoms with Crippen molar-refractivity contribution in [2.75, 3.05) is 0 Å². The number of benzene rings is 1. The van der Waals surface area contributed by atoms with Crippen LogP contribution >= 0.6 is 0 Å². The molecule has 2 N–H and O–H groups in total. The van der Waals surface area contributed by atoms with Gasteiger partial charge in [-0.3, -0.25) is 10.0 Å². The van der Waals surface area contributed by atoms with E-state index in [1.165, 1.54) is 6.08 Å². The first-order valence-corrected chi connectivity index (χ1v) is 6.87. The van der Waals surface area contributed by atoms with E-state index in [0.717, 1.165) is 22.2 Å². The Hall–Kier alpha value is -2.92. The lowest BCUT2D eigenvalue weighted by atomic mass is 10.1. The Kier molecular flexibility index (Phi) is 3.98. The van der Waals surface area contributed by atoms with Crippen molar-refractivity contribution >= 4 is 23.0 Å². The van der Waals surface area contributed by atoms with E-state index in [4.69, 9.17) is 5.21 Å². The molecule has 0 aliphatic heterocycles. The fraction of sp³-hybridized carbons (Fsp3) is 0.0588. The number of fused-ring (bicyclic) bond motifs is 1. The van der Waals surface area contributed by atoms with Gasteiger partial charge in [-0.25, -0.2) is 10.5 Å². The van der Waals surface area contributed by atoms with Crippen LogP contribution in [-0.2, 0) is 11.3 Å². The largest absolute Gasteiger partial charge is 0.328 e. The molecular weight excluding hydrogens is 278 g/mol. The Bertz CT molecular complexity index is 837. The van der Waals surface area contributed by atoms with Gasteiger partial charge in [0.15, 0.2) is 0 Å². The molecule has 0 aliphatic carbocycles. The fourth-order valence-electron chi connectivity index (χ4n) is 2.35. The van der Waals surface area contributed by atoms with Crippen LogP contribution in [0.3, 0.4) is 0 Å². The summed E-state index contributed by atoms with van der Waals surface area (Å²) in [6, 6.07) is 13.9. The smallest absolute Gasteiger partial charge is 0.267 e. The molecule has 1 aromatic carbocycles. The van der Waals surface area contributed by atoms with Gasteiger partial charge < -0.3 is 4.57 Å². The molecule has 2 aromatic heterocycles. The van der Waals surface area contributed by atoms with Crippen LogP contribution in [0, 0.1) is 0 Å². The van der Waals surface area contributed by atoms with Gasteiger partial charge in [0.25, 0.3) is 5.91 Å². The lowest BCUT2D eigenvalue weighted by Crippen LogP contribution is -2.14. The number of carbonyl (C=O) groups is 1. The average molecular weight is 293 g/mol. The standard InChI is InChI=1S/C17H15N3O2/c21-16(19-22)7-6-13-3-1-4-14(11-13)12-20-10-8-15-5-2-9-18-17(15)20/h1-11,22H,12H2,(H,19,21)/b7-6+. The van der Waals surface area contributed by atoms with Gasteiger partial charge in [-0.2, -0.15) is 0 Å². The fourth-order valence-corrected chi connectivity index (χ4v) is 2.35. The molecule has 0 aliphatic rings. The number of pyridine rings is 1. The summed E-state index contributed by atoms with van der Waals surface area (Å²) >= 11 is 0. The van der Waals surface area contributed by atoms with Crippen LogP contribution < -0.4 is 5.48 Å². The molecule has 5 nitrogen and oxygen atoms in total. The SMILES string of the molecule is O=C(/C=C/c1cccc(Cn2ccc3cccnc32)c1)NO. The van der Waals surface area contributed by atoms with Crippen LogP contribution in [0.1, 0.15) is 11.1 Å². The van der Waals surface area contributed by atoms with Gasteiger partial charge in [0.1, 0.15) is 5.65 Å². The molecule has 3 aromatic rings. The molecule has 0 saturated heterocycles. The predicted molar refractivity (Wildman–Crippen MR) is 84.2 cm³/mol. The highest BCUT2D eigenvalue weighted by atomic mass is 16.5. The second-order valence-electron chi connectivity index (χ2n) is 4.91. The first-order valence-electron chi connectivity index (χ1n) is 6.87.